The molecule has 6 heteroatoms. The number of benzene rings is 1. The molecule has 2 heterocycles. The van der Waals surface area contributed by atoms with Gasteiger partial charge in [0.2, 0.25) is 0 Å². The van der Waals surface area contributed by atoms with Gasteiger partial charge in [-0.25, -0.2) is 13.9 Å². The van der Waals surface area contributed by atoms with E-state index in [0.29, 0.717) is 16.9 Å². The topological polar surface area (TPSA) is 68.0 Å². The zero-order valence-corrected chi connectivity index (χ0v) is 10.8. The van der Waals surface area contributed by atoms with Crippen molar-refractivity contribution in [1.82, 2.24) is 14.8 Å². The van der Waals surface area contributed by atoms with E-state index in [1.54, 1.807) is 36.7 Å². The number of rotatable bonds is 3. The molecule has 0 fully saturated rings. The fraction of sp³-hybridized carbons (Fsp3) is 0. The van der Waals surface area contributed by atoms with Gasteiger partial charge in [-0.2, -0.15) is 5.10 Å². The first-order valence-electron chi connectivity index (χ1n) is 6.15. The summed E-state index contributed by atoms with van der Waals surface area (Å²) in [6.07, 6.45) is 3.18. The molecule has 104 valence electrons. The summed E-state index contributed by atoms with van der Waals surface area (Å²) in [4.78, 5) is 15.1. The molecule has 5 nitrogen and oxygen atoms in total. The number of pyridine rings is 1. The molecular weight excluding hydrogens is 273 g/mol. The fourth-order valence-electron chi connectivity index (χ4n) is 1.99. The van der Waals surface area contributed by atoms with Crippen LogP contribution in [0.4, 0.5) is 4.39 Å². The first-order chi connectivity index (χ1) is 10.1. The molecule has 0 aliphatic heterocycles. The highest BCUT2D eigenvalue weighted by Gasteiger charge is 2.15. The van der Waals surface area contributed by atoms with E-state index in [1.165, 1.54) is 22.9 Å². The molecule has 0 radical (unpaired) electrons. The van der Waals surface area contributed by atoms with Gasteiger partial charge in [-0.1, -0.05) is 0 Å². The molecule has 0 spiro atoms. The van der Waals surface area contributed by atoms with E-state index in [0.717, 1.165) is 0 Å². The van der Waals surface area contributed by atoms with Gasteiger partial charge in [-0.05, 0) is 42.5 Å². The van der Waals surface area contributed by atoms with Crippen LogP contribution in [0.3, 0.4) is 0 Å². The number of aromatic nitrogens is 3. The maximum atomic E-state index is 13.0. The molecule has 1 N–H and O–H groups in total. The first-order valence-corrected chi connectivity index (χ1v) is 6.15. The molecule has 0 saturated carbocycles. The predicted octanol–water partition coefficient (Wildman–Crippen LogP) is 2.77. The quantitative estimate of drug-likeness (QED) is 0.802. The third-order valence-corrected chi connectivity index (χ3v) is 2.98. The molecule has 0 aliphatic carbocycles. The number of carboxylic acids is 1. The zero-order valence-electron chi connectivity index (χ0n) is 10.8. The Labute approximate surface area is 119 Å². The van der Waals surface area contributed by atoms with Crippen molar-refractivity contribution in [2.75, 3.05) is 0 Å². The van der Waals surface area contributed by atoms with Crippen molar-refractivity contribution in [3.8, 4) is 16.9 Å². The van der Waals surface area contributed by atoms with Crippen LogP contribution in [0.1, 0.15) is 10.5 Å². The third-order valence-electron chi connectivity index (χ3n) is 2.98. The van der Waals surface area contributed by atoms with Crippen LogP contribution in [0.5, 0.6) is 0 Å². The van der Waals surface area contributed by atoms with Crippen LogP contribution >= 0.6 is 0 Å². The van der Waals surface area contributed by atoms with Crippen LogP contribution in [0.15, 0.2) is 54.9 Å². The Bertz CT molecular complexity index is 782. The highest BCUT2D eigenvalue weighted by atomic mass is 19.1. The van der Waals surface area contributed by atoms with Gasteiger partial charge in [-0.15, -0.1) is 0 Å². The van der Waals surface area contributed by atoms with Gasteiger partial charge in [0, 0.05) is 18.0 Å². The lowest BCUT2D eigenvalue weighted by molar-refractivity contribution is 0.0690. The normalized spacial score (nSPS) is 10.5. The molecule has 0 aliphatic rings. The van der Waals surface area contributed by atoms with E-state index in [9.17, 15) is 9.18 Å². The summed E-state index contributed by atoms with van der Waals surface area (Å²) in [6.45, 7) is 0. The molecule has 3 aromatic rings. The second-order valence-corrected chi connectivity index (χ2v) is 4.34. The van der Waals surface area contributed by atoms with Gasteiger partial charge in [0.15, 0.2) is 5.69 Å². The van der Waals surface area contributed by atoms with Crippen molar-refractivity contribution >= 4 is 5.97 Å². The maximum Gasteiger partial charge on any atom is 0.356 e. The van der Waals surface area contributed by atoms with Crippen molar-refractivity contribution in [2.24, 2.45) is 0 Å². The van der Waals surface area contributed by atoms with Gasteiger partial charge in [0.1, 0.15) is 5.82 Å². The summed E-state index contributed by atoms with van der Waals surface area (Å²) in [5.74, 6) is -1.47. The summed E-state index contributed by atoms with van der Waals surface area (Å²) in [6, 6.07) is 10.7. The molecule has 3 rings (SSSR count). The lowest BCUT2D eigenvalue weighted by Crippen LogP contribution is -2.02. The Hall–Kier alpha value is -3.02. The zero-order chi connectivity index (χ0) is 14.8. The second kappa shape index (κ2) is 5.16. The lowest BCUT2D eigenvalue weighted by Gasteiger charge is -2.07. The molecule has 0 saturated heterocycles. The van der Waals surface area contributed by atoms with Gasteiger partial charge >= 0.3 is 5.97 Å². The first kappa shape index (κ1) is 13.0. The summed E-state index contributed by atoms with van der Waals surface area (Å²) >= 11 is 0. The highest BCUT2D eigenvalue weighted by Crippen LogP contribution is 2.24. The molecule has 1 aromatic carbocycles. The SMILES string of the molecule is O=C(O)c1cc(-c2ccc(F)cc2)n(-c2ccncc2)n1. The van der Waals surface area contributed by atoms with E-state index in [2.05, 4.69) is 10.1 Å². The minimum atomic E-state index is -1.12. The van der Waals surface area contributed by atoms with Crippen molar-refractivity contribution < 1.29 is 14.3 Å². The van der Waals surface area contributed by atoms with Crippen LogP contribution in [-0.2, 0) is 0 Å². The summed E-state index contributed by atoms with van der Waals surface area (Å²) in [7, 11) is 0. The molecular formula is C15H10FN3O2. The number of hydrogen-bond donors (Lipinski definition) is 1. The summed E-state index contributed by atoms with van der Waals surface area (Å²) in [5, 5.41) is 13.2. The van der Waals surface area contributed by atoms with Crippen LogP contribution in [0.2, 0.25) is 0 Å². The van der Waals surface area contributed by atoms with Gasteiger partial charge < -0.3 is 5.11 Å². The Kier molecular flexibility index (Phi) is 3.19. The fourth-order valence-corrected chi connectivity index (χ4v) is 1.99. The van der Waals surface area contributed by atoms with E-state index >= 15 is 0 Å². The molecule has 0 amide bonds. The Morgan fingerprint density at radius 2 is 1.76 bits per heavy atom. The van der Waals surface area contributed by atoms with Crippen molar-refractivity contribution in [1.29, 1.82) is 0 Å². The Balaban J connectivity index is 2.19. The summed E-state index contributed by atoms with van der Waals surface area (Å²) in [5.41, 5.74) is 1.84. The summed E-state index contributed by atoms with van der Waals surface area (Å²) < 4.78 is 14.5. The Morgan fingerprint density at radius 3 is 2.38 bits per heavy atom. The second-order valence-electron chi connectivity index (χ2n) is 4.34. The number of halogens is 1. The minimum absolute atomic E-state index is 0.0777. The number of carbonyl (C=O) groups is 1. The molecule has 21 heavy (non-hydrogen) atoms. The molecule has 0 atom stereocenters. The minimum Gasteiger partial charge on any atom is -0.476 e. The van der Waals surface area contributed by atoms with E-state index < -0.39 is 5.97 Å². The van der Waals surface area contributed by atoms with E-state index in [1.807, 2.05) is 0 Å². The number of carboxylic acid groups (broad SMARTS) is 1. The van der Waals surface area contributed by atoms with Crippen molar-refractivity contribution in [2.45, 2.75) is 0 Å². The molecule has 2 aromatic heterocycles. The van der Waals surface area contributed by atoms with Gasteiger partial charge in [0.25, 0.3) is 0 Å². The highest BCUT2D eigenvalue weighted by molar-refractivity contribution is 5.87. The number of nitrogens with zero attached hydrogens (tertiary/aromatic N) is 3. The van der Waals surface area contributed by atoms with Crippen LogP contribution in [-0.4, -0.2) is 25.8 Å². The monoisotopic (exact) mass is 283 g/mol. The number of aromatic carboxylic acids is 1. The van der Waals surface area contributed by atoms with Gasteiger partial charge in [0.05, 0.1) is 11.4 Å². The molecule has 0 unspecified atom stereocenters. The van der Waals surface area contributed by atoms with Crippen molar-refractivity contribution in [3.63, 3.8) is 0 Å². The number of hydrogen-bond acceptors (Lipinski definition) is 3. The average Bonchev–Trinajstić information content (AvgIpc) is 2.94. The van der Waals surface area contributed by atoms with E-state index in [4.69, 9.17) is 5.11 Å². The predicted molar refractivity (Wildman–Crippen MR) is 73.7 cm³/mol. The largest absolute Gasteiger partial charge is 0.476 e. The smallest absolute Gasteiger partial charge is 0.356 e. The third kappa shape index (κ3) is 2.51. The average molecular weight is 283 g/mol. The van der Waals surface area contributed by atoms with Crippen molar-refractivity contribution in [3.05, 3.63) is 66.4 Å². The standard InChI is InChI=1S/C15H10FN3O2/c16-11-3-1-10(2-4-11)14-9-13(15(20)21)18-19(14)12-5-7-17-8-6-12/h1-9H,(H,20,21). The van der Waals surface area contributed by atoms with Gasteiger partial charge in [-0.3, -0.25) is 4.98 Å². The van der Waals surface area contributed by atoms with Crippen LogP contribution in [0, 0.1) is 5.82 Å². The molecule has 0 bridgehead atoms. The van der Waals surface area contributed by atoms with Crippen LogP contribution < -0.4 is 0 Å². The lowest BCUT2D eigenvalue weighted by atomic mass is 10.1. The maximum absolute atomic E-state index is 13.0. The van der Waals surface area contributed by atoms with Crippen LogP contribution in [0.25, 0.3) is 16.9 Å². The Morgan fingerprint density at radius 1 is 1.10 bits per heavy atom. The van der Waals surface area contributed by atoms with E-state index in [-0.39, 0.29) is 11.5 Å².